The van der Waals surface area contributed by atoms with E-state index >= 15 is 0 Å². The van der Waals surface area contributed by atoms with Crippen molar-refractivity contribution >= 4 is 5.97 Å². The van der Waals surface area contributed by atoms with Crippen LogP contribution >= 0.6 is 0 Å². The summed E-state index contributed by atoms with van der Waals surface area (Å²) < 4.78 is 17.0. The SMILES string of the molecule is COC(=O)CC[C@H](C)C1CC[C@H]2C3C(C[C@H](O)[C@]12C)[C@@]1(C)CCC2(C[C@@H]1C[C@H]3O)OCCO2. The van der Waals surface area contributed by atoms with E-state index in [1.54, 1.807) is 0 Å². The summed E-state index contributed by atoms with van der Waals surface area (Å²) in [7, 11) is 1.45. The molecule has 0 radical (unpaired) electrons. The minimum Gasteiger partial charge on any atom is -0.469 e. The van der Waals surface area contributed by atoms with Crippen molar-refractivity contribution in [1.29, 1.82) is 0 Å². The van der Waals surface area contributed by atoms with E-state index in [9.17, 15) is 15.0 Å². The third kappa shape index (κ3) is 3.61. The number of aliphatic hydroxyl groups is 2. The van der Waals surface area contributed by atoms with Gasteiger partial charge in [-0.05, 0) is 84.9 Å². The third-order valence-electron chi connectivity index (χ3n) is 11.4. The molecular weight excluding hydrogens is 420 g/mol. The molecule has 0 amide bonds. The first-order valence-electron chi connectivity index (χ1n) is 13.4. The molecule has 0 bridgehead atoms. The van der Waals surface area contributed by atoms with Gasteiger partial charge in [0.05, 0.1) is 32.5 Å². The molecule has 4 saturated carbocycles. The molecule has 188 valence electrons. The molecule has 2 N–H and O–H groups in total. The Morgan fingerprint density at radius 1 is 1.09 bits per heavy atom. The fraction of sp³-hybridized carbons (Fsp3) is 0.963. The van der Waals surface area contributed by atoms with Crippen molar-refractivity contribution in [1.82, 2.24) is 0 Å². The van der Waals surface area contributed by atoms with E-state index in [1.807, 2.05) is 0 Å². The standard InChI is InChI=1S/C27H44O6/c1-16(5-8-23(30)31-4)18-6-7-19-24-20(14-22(29)26(18,19)3)25(2)9-10-27(32-11-12-33-27)15-17(25)13-21(24)28/h16-22,24,28-29H,5-15H2,1-4H3/t16-,17-,18?,19-,20?,21+,22-,24?,25-,26+/m0/s1. The van der Waals surface area contributed by atoms with Crippen molar-refractivity contribution in [2.24, 2.45) is 46.3 Å². The average Bonchev–Trinajstić information content (AvgIpc) is 3.39. The maximum Gasteiger partial charge on any atom is 0.305 e. The highest BCUT2D eigenvalue weighted by atomic mass is 16.7. The number of methoxy groups -OCH3 is 1. The van der Waals surface area contributed by atoms with Gasteiger partial charge in [0.15, 0.2) is 5.79 Å². The van der Waals surface area contributed by atoms with Crippen molar-refractivity contribution < 1.29 is 29.2 Å². The first-order valence-corrected chi connectivity index (χ1v) is 13.4. The van der Waals surface area contributed by atoms with Gasteiger partial charge in [-0.15, -0.1) is 0 Å². The van der Waals surface area contributed by atoms with Gasteiger partial charge < -0.3 is 24.4 Å². The molecule has 0 aromatic rings. The molecule has 0 aromatic carbocycles. The first-order chi connectivity index (χ1) is 15.6. The van der Waals surface area contributed by atoms with Crippen LogP contribution in [0.5, 0.6) is 0 Å². The van der Waals surface area contributed by atoms with Crippen molar-refractivity contribution in [3.05, 3.63) is 0 Å². The van der Waals surface area contributed by atoms with E-state index < -0.39 is 5.79 Å². The van der Waals surface area contributed by atoms with Gasteiger partial charge in [0.25, 0.3) is 0 Å². The number of hydrogen-bond acceptors (Lipinski definition) is 6. The predicted octanol–water partition coefficient (Wildman–Crippen LogP) is 3.92. The largest absolute Gasteiger partial charge is 0.469 e. The van der Waals surface area contributed by atoms with Gasteiger partial charge in [-0.2, -0.15) is 0 Å². The maximum absolute atomic E-state index is 11.7. The first kappa shape index (κ1) is 24.0. The molecular formula is C27H44O6. The summed E-state index contributed by atoms with van der Waals surface area (Å²) in [5.41, 5.74) is -0.0875. The van der Waals surface area contributed by atoms with Crippen molar-refractivity contribution in [2.45, 2.75) is 96.6 Å². The van der Waals surface area contributed by atoms with E-state index in [0.717, 1.165) is 51.4 Å². The van der Waals surface area contributed by atoms with Gasteiger partial charge in [0.2, 0.25) is 0 Å². The summed E-state index contributed by atoms with van der Waals surface area (Å²) in [4.78, 5) is 11.7. The molecule has 1 spiro atoms. The van der Waals surface area contributed by atoms with Gasteiger partial charge in [0, 0.05) is 19.3 Å². The van der Waals surface area contributed by atoms with Crippen LogP contribution in [0.3, 0.4) is 0 Å². The van der Waals surface area contributed by atoms with Crippen LogP contribution in [-0.4, -0.2) is 54.5 Å². The second-order valence-electron chi connectivity index (χ2n) is 12.5. The second-order valence-corrected chi connectivity index (χ2v) is 12.5. The summed E-state index contributed by atoms with van der Waals surface area (Å²) in [6.07, 6.45) is 7.10. The van der Waals surface area contributed by atoms with Gasteiger partial charge in [-0.3, -0.25) is 4.79 Å². The highest BCUT2D eigenvalue weighted by Crippen LogP contribution is 2.69. The topological polar surface area (TPSA) is 85.2 Å². The van der Waals surface area contributed by atoms with Crippen LogP contribution in [0.2, 0.25) is 0 Å². The minimum atomic E-state index is -0.438. The zero-order valence-electron chi connectivity index (χ0n) is 20.9. The lowest BCUT2D eigenvalue weighted by Crippen LogP contribution is -2.63. The van der Waals surface area contributed by atoms with Crippen LogP contribution in [0.1, 0.15) is 78.6 Å². The van der Waals surface area contributed by atoms with Crippen molar-refractivity contribution in [3.8, 4) is 0 Å². The van der Waals surface area contributed by atoms with Crippen LogP contribution in [0.15, 0.2) is 0 Å². The van der Waals surface area contributed by atoms with E-state index in [4.69, 9.17) is 14.2 Å². The Morgan fingerprint density at radius 3 is 2.52 bits per heavy atom. The monoisotopic (exact) mass is 464 g/mol. The lowest BCUT2D eigenvalue weighted by Gasteiger charge is -2.64. The zero-order chi connectivity index (χ0) is 23.6. The maximum atomic E-state index is 11.7. The summed E-state index contributed by atoms with van der Waals surface area (Å²) in [6, 6.07) is 0. The lowest BCUT2D eigenvalue weighted by atomic mass is 9.43. The summed E-state index contributed by atoms with van der Waals surface area (Å²) in [6.45, 7) is 8.28. The Hall–Kier alpha value is -0.690. The molecule has 5 rings (SSSR count). The van der Waals surface area contributed by atoms with Gasteiger partial charge in [-0.25, -0.2) is 0 Å². The molecule has 0 aromatic heterocycles. The van der Waals surface area contributed by atoms with Gasteiger partial charge >= 0.3 is 5.97 Å². The van der Waals surface area contributed by atoms with Crippen molar-refractivity contribution in [3.63, 3.8) is 0 Å². The van der Waals surface area contributed by atoms with Crippen LogP contribution < -0.4 is 0 Å². The molecule has 5 fully saturated rings. The van der Waals surface area contributed by atoms with Crippen LogP contribution in [-0.2, 0) is 19.0 Å². The van der Waals surface area contributed by atoms with Gasteiger partial charge in [-0.1, -0.05) is 20.8 Å². The van der Waals surface area contributed by atoms with Crippen LogP contribution in [0, 0.1) is 46.3 Å². The second kappa shape index (κ2) is 8.46. The minimum absolute atomic E-state index is 0.112. The molecule has 4 aliphatic carbocycles. The number of fused-ring (bicyclic) bond motifs is 5. The molecule has 10 atom stereocenters. The normalized spacial score (nSPS) is 49.2. The summed E-state index contributed by atoms with van der Waals surface area (Å²) >= 11 is 0. The van der Waals surface area contributed by atoms with E-state index in [2.05, 4.69) is 20.8 Å². The summed E-state index contributed by atoms with van der Waals surface area (Å²) in [5.74, 6) is 1.41. The van der Waals surface area contributed by atoms with Gasteiger partial charge in [0.1, 0.15) is 0 Å². The quantitative estimate of drug-likeness (QED) is 0.614. The van der Waals surface area contributed by atoms with Crippen LogP contribution in [0.4, 0.5) is 0 Å². The Morgan fingerprint density at radius 2 is 1.82 bits per heavy atom. The number of ether oxygens (including phenoxy) is 3. The number of rotatable bonds is 4. The van der Waals surface area contributed by atoms with E-state index in [-0.39, 0.29) is 34.9 Å². The Labute approximate surface area is 198 Å². The number of hydrogen-bond donors (Lipinski definition) is 2. The van der Waals surface area contributed by atoms with Crippen molar-refractivity contribution in [2.75, 3.05) is 20.3 Å². The Kier molecular flexibility index (Phi) is 6.16. The third-order valence-corrected chi connectivity index (χ3v) is 11.4. The number of carbonyl (C=O) groups excluding carboxylic acids is 1. The zero-order valence-corrected chi connectivity index (χ0v) is 20.9. The number of aliphatic hydroxyl groups excluding tert-OH is 2. The number of esters is 1. The number of carbonyl (C=O) groups is 1. The lowest BCUT2D eigenvalue weighted by molar-refractivity contribution is -0.252. The van der Waals surface area contributed by atoms with E-state index in [1.165, 1.54) is 7.11 Å². The highest BCUT2D eigenvalue weighted by Gasteiger charge is 2.66. The fourth-order valence-electron chi connectivity index (χ4n) is 9.50. The molecule has 1 heterocycles. The smallest absolute Gasteiger partial charge is 0.305 e. The van der Waals surface area contributed by atoms with E-state index in [0.29, 0.717) is 49.2 Å². The summed E-state index contributed by atoms with van der Waals surface area (Å²) in [5, 5.41) is 23.2. The Balaban J connectivity index is 1.37. The molecule has 6 heteroatoms. The average molecular weight is 465 g/mol. The molecule has 5 aliphatic rings. The molecule has 33 heavy (non-hydrogen) atoms. The highest BCUT2D eigenvalue weighted by molar-refractivity contribution is 5.69. The predicted molar refractivity (Wildman–Crippen MR) is 123 cm³/mol. The Bertz CT molecular complexity index is 749. The molecule has 3 unspecified atom stereocenters. The molecule has 6 nitrogen and oxygen atoms in total. The fourth-order valence-corrected chi connectivity index (χ4v) is 9.50. The molecule has 1 aliphatic heterocycles. The molecule has 1 saturated heterocycles. The van der Waals surface area contributed by atoms with Crippen LogP contribution in [0.25, 0.3) is 0 Å².